The summed E-state index contributed by atoms with van der Waals surface area (Å²) in [5.74, 6) is -2.22. The minimum absolute atomic E-state index is 0.0125. The second-order valence-electron chi connectivity index (χ2n) is 6.62. The molecular formula is C15H30N4O4. The van der Waals surface area contributed by atoms with E-state index in [-0.39, 0.29) is 24.6 Å². The maximum absolute atomic E-state index is 12.6. The molecule has 0 heterocycles. The van der Waals surface area contributed by atoms with Gasteiger partial charge in [0.15, 0.2) is 5.54 Å². The summed E-state index contributed by atoms with van der Waals surface area (Å²) in [6, 6.07) is 0. The van der Waals surface area contributed by atoms with Crippen LogP contribution in [0.4, 0.5) is 0 Å². The van der Waals surface area contributed by atoms with Gasteiger partial charge in [0.1, 0.15) is 5.71 Å². The molecular weight excluding hydrogens is 300 g/mol. The first-order valence-corrected chi connectivity index (χ1v) is 7.57. The van der Waals surface area contributed by atoms with Crippen molar-refractivity contribution in [2.24, 2.45) is 5.41 Å². The molecule has 134 valence electrons. The van der Waals surface area contributed by atoms with Crippen molar-refractivity contribution >= 4 is 17.7 Å². The minimum atomic E-state index is -1.72. The molecule has 8 nitrogen and oxygen atoms in total. The number of nitrogens with one attached hydrogen (secondary N) is 4. The summed E-state index contributed by atoms with van der Waals surface area (Å²) in [5, 5.41) is 25.6. The molecule has 0 saturated heterocycles. The number of rotatable bonds is 10. The van der Waals surface area contributed by atoms with E-state index in [9.17, 15) is 14.7 Å². The number of aliphatic carboxylic acids is 1. The molecule has 0 amide bonds. The fourth-order valence-corrected chi connectivity index (χ4v) is 2.03. The van der Waals surface area contributed by atoms with Gasteiger partial charge in [-0.1, -0.05) is 20.8 Å². The Morgan fingerprint density at radius 3 is 2.04 bits per heavy atom. The summed E-state index contributed by atoms with van der Waals surface area (Å²) in [5.41, 5.74) is -2.47. The molecule has 0 aliphatic heterocycles. The van der Waals surface area contributed by atoms with Gasteiger partial charge in [0, 0.05) is 6.42 Å². The summed E-state index contributed by atoms with van der Waals surface area (Å²) in [6.45, 7) is 6.22. The second-order valence-corrected chi connectivity index (χ2v) is 6.62. The Morgan fingerprint density at radius 2 is 1.70 bits per heavy atom. The fourth-order valence-electron chi connectivity index (χ4n) is 2.03. The van der Waals surface area contributed by atoms with Crippen molar-refractivity contribution in [3.05, 3.63) is 0 Å². The predicted octanol–water partition coefficient (Wildman–Crippen LogP) is 0.183. The van der Waals surface area contributed by atoms with Crippen LogP contribution in [0.15, 0.2) is 0 Å². The highest BCUT2D eigenvalue weighted by Gasteiger charge is 2.47. The number of carboxylic acid groups (broad SMARTS) is 1. The topological polar surface area (TPSA) is 124 Å². The highest BCUT2D eigenvalue weighted by molar-refractivity contribution is 6.42. The zero-order chi connectivity index (χ0) is 18.3. The second kappa shape index (κ2) is 8.95. The van der Waals surface area contributed by atoms with Crippen LogP contribution < -0.4 is 16.0 Å². The summed E-state index contributed by atoms with van der Waals surface area (Å²) < 4.78 is 5.27. The number of hydrogen-bond acceptors (Lipinski definition) is 7. The van der Waals surface area contributed by atoms with E-state index in [4.69, 9.17) is 10.1 Å². The smallest absolute Gasteiger partial charge is 0.352 e. The van der Waals surface area contributed by atoms with E-state index in [0.29, 0.717) is 6.42 Å². The van der Waals surface area contributed by atoms with Crippen LogP contribution in [0.3, 0.4) is 0 Å². The van der Waals surface area contributed by atoms with Crippen LogP contribution in [0, 0.1) is 10.8 Å². The largest absolute Gasteiger partial charge is 0.477 e. The number of carboxylic acids is 1. The van der Waals surface area contributed by atoms with Crippen molar-refractivity contribution in [3.63, 3.8) is 0 Å². The molecule has 0 aromatic carbocycles. The van der Waals surface area contributed by atoms with Gasteiger partial charge in [0.2, 0.25) is 0 Å². The highest BCUT2D eigenvalue weighted by Crippen LogP contribution is 2.21. The Balaban J connectivity index is 5.34. The maximum atomic E-state index is 12.6. The first-order valence-electron chi connectivity index (χ1n) is 7.57. The van der Waals surface area contributed by atoms with Crippen molar-refractivity contribution in [2.75, 3.05) is 27.7 Å². The van der Waals surface area contributed by atoms with E-state index in [2.05, 4.69) is 16.0 Å². The Morgan fingerprint density at radius 1 is 1.17 bits per heavy atom. The number of carbonyl (C=O) groups is 2. The number of esters is 1. The number of carbonyl (C=O) groups excluding carboxylic acids is 1. The van der Waals surface area contributed by atoms with Gasteiger partial charge in [-0.3, -0.25) is 10.7 Å². The summed E-state index contributed by atoms with van der Waals surface area (Å²) >= 11 is 0. The van der Waals surface area contributed by atoms with Crippen LogP contribution in [0.2, 0.25) is 0 Å². The fraction of sp³-hybridized carbons (Fsp3) is 0.800. The van der Waals surface area contributed by atoms with Crippen LogP contribution in [0.25, 0.3) is 0 Å². The third-order valence-corrected chi connectivity index (χ3v) is 3.71. The summed E-state index contributed by atoms with van der Waals surface area (Å²) in [7, 11) is 4.80. The quantitative estimate of drug-likeness (QED) is 0.220. The van der Waals surface area contributed by atoms with E-state index in [1.165, 1.54) is 7.05 Å². The predicted molar refractivity (Wildman–Crippen MR) is 88.7 cm³/mol. The SMILES string of the molecule is CNC(CC(NC)(C(=N)C(=O)O)C(=O)OCCC(C)(C)C)NC. The number of hydrogen-bond donors (Lipinski definition) is 5. The Hall–Kier alpha value is -1.51. The molecule has 1 atom stereocenters. The standard InChI is InChI=1S/C15H30N4O4/c1-14(2,3)7-8-23-13(22)15(19-6,11(16)12(20)21)9-10(17-4)18-5/h10,16-19H,7-9H2,1-6H3,(H,20,21). The molecule has 8 heteroatoms. The molecule has 0 fully saturated rings. The molecule has 0 aromatic rings. The summed E-state index contributed by atoms with van der Waals surface area (Å²) in [4.78, 5) is 23.8. The Kier molecular flexibility index (Phi) is 8.36. The van der Waals surface area contributed by atoms with Crippen LogP contribution in [-0.4, -0.2) is 62.2 Å². The molecule has 0 bridgehead atoms. The number of ether oxygens (including phenoxy) is 1. The molecule has 0 aromatic heterocycles. The molecule has 0 radical (unpaired) electrons. The summed E-state index contributed by atoms with van der Waals surface area (Å²) in [6.07, 6.45) is 0.300. The lowest BCUT2D eigenvalue weighted by atomic mass is 9.87. The van der Waals surface area contributed by atoms with Crippen molar-refractivity contribution < 1.29 is 19.4 Å². The lowest BCUT2D eigenvalue weighted by molar-refractivity contribution is -0.150. The van der Waals surface area contributed by atoms with Gasteiger partial charge in [-0.05, 0) is 33.0 Å². The number of likely N-dealkylation sites (N-methyl/N-ethyl adjacent to an activating group) is 1. The van der Waals surface area contributed by atoms with Gasteiger partial charge >= 0.3 is 11.9 Å². The molecule has 1 unspecified atom stereocenters. The van der Waals surface area contributed by atoms with Crippen LogP contribution >= 0.6 is 0 Å². The molecule has 0 aliphatic carbocycles. The monoisotopic (exact) mass is 330 g/mol. The van der Waals surface area contributed by atoms with E-state index < -0.39 is 23.2 Å². The highest BCUT2D eigenvalue weighted by atomic mass is 16.5. The van der Waals surface area contributed by atoms with Gasteiger partial charge < -0.3 is 20.5 Å². The average molecular weight is 330 g/mol. The third kappa shape index (κ3) is 6.25. The van der Waals surface area contributed by atoms with Gasteiger partial charge in [0.05, 0.1) is 12.8 Å². The average Bonchev–Trinajstić information content (AvgIpc) is 2.46. The first kappa shape index (κ1) is 21.5. The van der Waals surface area contributed by atoms with E-state index in [1.54, 1.807) is 14.1 Å². The molecule has 23 heavy (non-hydrogen) atoms. The van der Waals surface area contributed by atoms with Crippen LogP contribution in [-0.2, 0) is 14.3 Å². The van der Waals surface area contributed by atoms with Gasteiger partial charge in [0.25, 0.3) is 0 Å². The minimum Gasteiger partial charge on any atom is -0.477 e. The molecule has 0 aliphatic rings. The van der Waals surface area contributed by atoms with Crippen molar-refractivity contribution in [3.8, 4) is 0 Å². The van der Waals surface area contributed by atoms with E-state index >= 15 is 0 Å². The molecule has 0 spiro atoms. The van der Waals surface area contributed by atoms with Crippen molar-refractivity contribution in [2.45, 2.75) is 45.3 Å². The van der Waals surface area contributed by atoms with Gasteiger partial charge in [-0.2, -0.15) is 0 Å². The third-order valence-electron chi connectivity index (χ3n) is 3.71. The molecule has 0 rings (SSSR count). The maximum Gasteiger partial charge on any atom is 0.352 e. The van der Waals surface area contributed by atoms with Gasteiger partial charge in [-0.25, -0.2) is 9.59 Å². The van der Waals surface area contributed by atoms with E-state index in [0.717, 1.165) is 0 Å². The normalized spacial score (nSPS) is 14.4. The first-order chi connectivity index (χ1) is 10.5. The van der Waals surface area contributed by atoms with Crippen molar-refractivity contribution in [1.29, 1.82) is 5.41 Å². The van der Waals surface area contributed by atoms with E-state index in [1.807, 2.05) is 20.8 Å². The molecule has 5 N–H and O–H groups in total. The zero-order valence-corrected chi connectivity index (χ0v) is 14.9. The lowest BCUT2D eigenvalue weighted by Gasteiger charge is -2.33. The lowest BCUT2D eigenvalue weighted by Crippen LogP contribution is -2.63. The Bertz CT molecular complexity index is 430. The Labute approximate surface area is 137 Å². The van der Waals surface area contributed by atoms with Crippen molar-refractivity contribution in [1.82, 2.24) is 16.0 Å². The van der Waals surface area contributed by atoms with Crippen LogP contribution in [0.5, 0.6) is 0 Å². The van der Waals surface area contributed by atoms with Gasteiger partial charge in [-0.15, -0.1) is 0 Å². The van der Waals surface area contributed by atoms with Crippen LogP contribution in [0.1, 0.15) is 33.6 Å². The molecule has 0 saturated carbocycles. The zero-order valence-electron chi connectivity index (χ0n) is 14.9.